The van der Waals surface area contributed by atoms with Crippen LogP contribution in [0, 0.1) is 11.6 Å². The van der Waals surface area contributed by atoms with E-state index in [1.54, 1.807) is 6.92 Å². The normalized spacial score (nSPS) is 14.7. The van der Waals surface area contributed by atoms with Crippen molar-refractivity contribution in [1.82, 2.24) is 14.8 Å². The first kappa shape index (κ1) is 18.6. The molecule has 8 heteroatoms. The third-order valence-electron chi connectivity index (χ3n) is 4.48. The molecule has 0 unspecified atom stereocenters. The largest absolute Gasteiger partial charge is 0.320 e. The van der Waals surface area contributed by atoms with Gasteiger partial charge in [0.05, 0.1) is 5.25 Å². The number of rotatable bonds is 6. The highest BCUT2D eigenvalue weighted by Crippen LogP contribution is 2.41. The molecule has 0 radical (unpaired) electrons. The average molecular weight is 400 g/mol. The van der Waals surface area contributed by atoms with Gasteiger partial charge >= 0.3 is 0 Å². The number of hydrogen-bond donors (Lipinski definition) is 1. The Morgan fingerprint density at radius 2 is 1.79 bits per heavy atom. The zero-order chi connectivity index (χ0) is 19.7. The Hall–Kier alpha value is -2.74. The number of halogens is 2. The van der Waals surface area contributed by atoms with Crippen LogP contribution in [-0.2, 0) is 4.79 Å². The van der Waals surface area contributed by atoms with Crippen LogP contribution >= 0.6 is 11.8 Å². The molecule has 3 aromatic rings. The summed E-state index contributed by atoms with van der Waals surface area (Å²) in [6.45, 7) is 1.67. The second-order valence-corrected chi connectivity index (χ2v) is 7.94. The van der Waals surface area contributed by atoms with E-state index in [0.29, 0.717) is 11.1 Å². The fraction of sp³-hybridized carbons (Fsp3) is 0.250. The van der Waals surface area contributed by atoms with Crippen LogP contribution in [0.15, 0.2) is 53.7 Å². The van der Waals surface area contributed by atoms with Crippen molar-refractivity contribution in [3.05, 3.63) is 66.0 Å². The van der Waals surface area contributed by atoms with Crippen molar-refractivity contribution in [2.75, 3.05) is 5.32 Å². The number of carbonyl (C=O) groups excluding carboxylic acids is 1. The van der Waals surface area contributed by atoms with Gasteiger partial charge in [-0.15, -0.1) is 10.2 Å². The molecule has 1 atom stereocenters. The molecule has 1 N–H and O–H groups in total. The van der Waals surface area contributed by atoms with Crippen LogP contribution in [-0.4, -0.2) is 25.9 Å². The summed E-state index contributed by atoms with van der Waals surface area (Å²) < 4.78 is 29.5. The molecule has 28 heavy (non-hydrogen) atoms. The first-order valence-corrected chi connectivity index (χ1v) is 9.85. The summed E-state index contributed by atoms with van der Waals surface area (Å²) in [5, 5.41) is 10.9. The van der Waals surface area contributed by atoms with Gasteiger partial charge in [-0.3, -0.25) is 9.36 Å². The third kappa shape index (κ3) is 3.77. The van der Waals surface area contributed by atoms with Gasteiger partial charge in [0.2, 0.25) is 5.91 Å². The molecule has 0 spiro atoms. The first-order chi connectivity index (χ1) is 13.5. The molecule has 1 aliphatic rings. The Bertz CT molecular complexity index is 984. The molecule has 1 aliphatic carbocycles. The Morgan fingerprint density at radius 3 is 2.43 bits per heavy atom. The minimum Gasteiger partial charge on any atom is -0.320 e. The highest BCUT2D eigenvalue weighted by molar-refractivity contribution is 8.00. The average Bonchev–Trinajstić information content (AvgIpc) is 3.46. The van der Waals surface area contributed by atoms with E-state index in [2.05, 4.69) is 15.5 Å². The lowest BCUT2D eigenvalue weighted by molar-refractivity contribution is -0.115. The van der Waals surface area contributed by atoms with Crippen LogP contribution in [0.4, 0.5) is 14.5 Å². The molecule has 1 saturated carbocycles. The lowest BCUT2D eigenvalue weighted by Gasteiger charge is -2.14. The van der Waals surface area contributed by atoms with E-state index in [9.17, 15) is 13.6 Å². The quantitative estimate of drug-likeness (QED) is 0.617. The second-order valence-electron chi connectivity index (χ2n) is 6.63. The topological polar surface area (TPSA) is 59.8 Å². The molecule has 0 aliphatic heterocycles. The summed E-state index contributed by atoms with van der Waals surface area (Å²) >= 11 is 1.20. The molecule has 1 amide bonds. The predicted molar refractivity (Wildman–Crippen MR) is 104 cm³/mol. The van der Waals surface area contributed by atoms with Gasteiger partial charge in [0.15, 0.2) is 5.16 Å². The molecule has 2 aromatic carbocycles. The molecular weight excluding hydrogens is 382 g/mol. The van der Waals surface area contributed by atoms with Gasteiger partial charge in [-0.05, 0) is 44.0 Å². The Kier molecular flexibility index (Phi) is 5.13. The van der Waals surface area contributed by atoms with Crippen molar-refractivity contribution in [2.24, 2.45) is 0 Å². The zero-order valence-electron chi connectivity index (χ0n) is 15.1. The van der Waals surface area contributed by atoms with E-state index in [1.165, 1.54) is 17.8 Å². The van der Waals surface area contributed by atoms with E-state index in [0.717, 1.165) is 36.5 Å². The Morgan fingerprint density at radius 1 is 1.11 bits per heavy atom. The Balaban J connectivity index is 1.56. The third-order valence-corrected chi connectivity index (χ3v) is 5.52. The van der Waals surface area contributed by atoms with Gasteiger partial charge in [0.1, 0.15) is 23.1 Å². The number of aromatic nitrogens is 3. The molecule has 0 saturated heterocycles. The molecule has 1 aromatic heterocycles. The standard InChI is InChI=1S/C20H18F2N4OS/c1-12(19(27)23-17-15(21)8-5-9-16(17)22)28-20-25-24-18(13-10-11-13)26(20)14-6-3-2-4-7-14/h2-9,12-13H,10-11H2,1H3,(H,23,27)/t12-/m1/s1. The van der Waals surface area contributed by atoms with Crippen molar-refractivity contribution in [3.63, 3.8) is 0 Å². The van der Waals surface area contributed by atoms with Crippen LogP contribution in [0.1, 0.15) is 31.5 Å². The summed E-state index contributed by atoms with van der Waals surface area (Å²) in [5.74, 6) is -0.882. The summed E-state index contributed by atoms with van der Waals surface area (Å²) in [6.07, 6.45) is 2.14. The smallest absolute Gasteiger partial charge is 0.237 e. The van der Waals surface area contributed by atoms with Crippen molar-refractivity contribution in [3.8, 4) is 5.69 Å². The monoisotopic (exact) mass is 400 g/mol. The fourth-order valence-electron chi connectivity index (χ4n) is 2.84. The number of benzene rings is 2. The van der Waals surface area contributed by atoms with Gasteiger partial charge < -0.3 is 5.32 Å². The van der Waals surface area contributed by atoms with E-state index in [4.69, 9.17) is 0 Å². The molecule has 1 fully saturated rings. The number of anilines is 1. The maximum Gasteiger partial charge on any atom is 0.237 e. The number of amides is 1. The van der Waals surface area contributed by atoms with E-state index in [1.807, 2.05) is 34.9 Å². The van der Waals surface area contributed by atoms with Crippen LogP contribution in [0.3, 0.4) is 0 Å². The maximum absolute atomic E-state index is 13.8. The summed E-state index contributed by atoms with van der Waals surface area (Å²) in [7, 11) is 0. The maximum atomic E-state index is 13.8. The van der Waals surface area contributed by atoms with E-state index in [-0.39, 0.29) is 0 Å². The molecule has 0 bridgehead atoms. The van der Waals surface area contributed by atoms with Gasteiger partial charge in [0.25, 0.3) is 0 Å². The van der Waals surface area contributed by atoms with Crippen molar-refractivity contribution in [1.29, 1.82) is 0 Å². The number of hydrogen-bond acceptors (Lipinski definition) is 4. The van der Waals surface area contributed by atoms with Crippen LogP contribution in [0.2, 0.25) is 0 Å². The minimum absolute atomic E-state index is 0.374. The molecular formula is C20H18F2N4OS. The van der Waals surface area contributed by atoms with Crippen LogP contribution < -0.4 is 5.32 Å². The second kappa shape index (κ2) is 7.71. The Labute approximate surface area is 165 Å². The first-order valence-electron chi connectivity index (χ1n) is 8.97. The number of para-hydroxylation sites is 2. The van der Waals surface area contributed by atoms with Gasteiger partial charge in [-0.1, -0.05) is 36.0 Å². The molecule has 4 rings (SSSR count). The van der Waals surface area contributed by atoms with Gasteiger partial charge in [-0.25, -0.2) is 8.78 Å². The number of nitrogens with one attached hydrogen (secondary N) is 1. The molecule has 5 nitrogen and oxygen atoms in total. The van der Waals surface area contributed by atoms with Crippen LogP contribution in [0.25, 0.3) is 5.69 Å². The summed E-state index contributed by atoms with van der Waals surface area (Å²) in [5.41, 5.74) is 0.479. The summed E-state index contributed by atoms with van der Waals surface area (Å²) in [4.78, 5) is 12.5. The summed E-state index contributed by atoms with van der Waals surface area (Å²) in [6, 6.07) is 13.2. The van der Waals surface area contributed by atoms with Crippen molar-refractivity contribution < 1.29 is 13.6 Å². The minimum atomic E-state index is -0.811. The predicted octanol–water partition coefficient (Wildman–Crippen LogP) is 4.54. The SMILES string of the molecule is C[C@@H](Sc1nnc(C2CC2)n1-c1ccccc1)C(=O)Nc1c(F)cccc1F. The van der Waals surface area contributed by atoms with Gasteiger partial charge in [0, 0.05) is 11.6 Å². The highest BCUT2D eigenvalue weighted by atomic mass is 32.2. The van der Waals surface area contributed by atoms with Crippen molar-refractivity contribution in [2.45, 2.75) is 36.1 Å². The van der Waals surface area contributed by atoms with Crippen LogP contribution in [0.5, 0.6) is 0 Å². The van der Waals surface area contributed by atoms with Gasteiger partial charge in [-0.2, -0.15) is 0 Å². The van der Waals surface area contributed by atoms with E-state index >= 15 is 0 Å². The molecule has 144 valence electrons. The number of thioether (sulfide) groups is 1. The number of carbonyl (C=O) groups is 1. The lowest BCUT2D eigenvalue weighted by atomic mass is 10.3. The lowest BCUT2D eigenvalue weighted by Crippen LogP contribution is -2.24. The van der Waals surface area contributed by atoms with E-state index < -0.39 is 28.5 Å². The molecule has 1 heterocycles. The highest BCUT2D eigenvalue weighted by Gasteiger charge is 2.32. The number of nitrogens with zero attached hydrogens (tertiary/aromatic N) is 3. The fourth-order valence-corrected chi connectivity index (χ4v) is 3.71. The zero-order valence-corrected chi connectivity index (χ0v) is 15.9. The van der Waals surface area contributed by atoms with Crippen molar-refractivity contribution >= 4 is 23.4 Å².